The largest absolute Gasteiger partial charge is 0.384 e. The molecule has 1 heterocycles. The fourth-order valence-corrected chi connectivity index (χ4v) is 1.86. The number of nitrogens with one attached hydrogen (secondary N) is 2. The molecule has 0 radical (unpaired) electrons. The molecule has 0 aromatic heterocycles. The van der Waals surface area contributed by atoms with E-state index in [9.17, 15) is 0 Å². The molecule has 0 aliphatic carbocycles. The van der Waals surface area contributed by atoms with E-state index in [1.54, 1.807) is 0 Å². The van der Waals surface area contributed by atoms with Crippen LogP contribution in [0.5, 0.6) is 0 Å². The van der Waals surface area contributed by atoms with Crippen LogP contribution in [0.3, 0.4) is 0 Å². The zero-order valence-electron chi connectivity index (χ0n) is 9.22. The second kappa shape index (κ2) is 4.99. The van der Waals surface area contributed by atoms with Crippen LogP contribution in [0, 0.1) is 0 Å². The lowest BCUT2D eigenvalue weighted by Crippen LogP contribution is -2.05. The molecule has 1 aromatic carbocycles. The number of fused-ring (bicyclic) bond motifs is 1. The molecule has 1 aliphatic rings. The van der Waals surface area contributed by atoms with Gasteiger partial charge in [-0.25, -0.2) is 0 Å². The molecule has 0 atom stereocenters. The summed E-state index contributed by atoms with van der Waals surface area (Å²) < 4.78 is 0. The molecule has 80 valence electrons. The minimum atomic E-state index is 1.04. The summed E-state index contributed by atoms with van der Waals surface area (Å²) in [5, 5.41) is 6.53. The smallest absolute Gasteiger partial charge is 0.0379 e. The number of rotatable bonds is 4. The van der Waals surface area contributed by atoms with Gasteiger partial charge in [-0.2, -0.15) is 0 Å². The van der Waals surface area contributed by atoms with Crippen LogP contribution in [0.1, 0.15) is 17.5 Å². The van der Waals surface area contributed by atoms with Gasteiger partial charge in [0, 0.05) is 12.2 Å². The highest BCUT2D eigenvalue weighted by molar-refractivity contribution is 5.63. The van der Waals surface area contributed by atoms with Gasteiger partial charge in [-0.15, -0.1) is 0 Å². The third kappa shape index (κ3) is 2.60. The molecule has 2 nitrogen and oxygen atoms in total. The first-order chi connectivity index (χ1) is 7.40. The van der Waals surface area contributed by atoms with Gasteiger partial charge in [0.05, 0.1) is 0 Å². The number of hydrogen-bond acceptors (Lipinski definition) is 2. The Morgan fingerprint density at radius 3 is 3.27 bits per heavy atom. The summed E-state index contributed by atoms with van der Waals surface area (Å²) in [4.78, 5) is 0. The molecule has 0 spiro atoms. The molecular formula is C13H18N2. The summed E-state index contributed by atoms with van der Waals surface area (Å²) in [7, 11) is 1.98. The molecule has 1 aliphatic heterocycles. The summed E-state index contributed by atoms with van der Waals surface area (Å²) in [6.07, 6.45) is 6.66. The second-order valence-corrected chi connectivity index (χ2v) is 3.89. The van der Waals surface area contributed by atoms with Crippen LogP contribution >= 0.6 is 0 Å². The predicted molar refractivity (Wildman–Crippen MR) is 66.2 cm³/mol. The van der Waals surface area contributed by atoms with Gasteiger partial charge in [-0.05, 0) is 43.6 Å². The summed E-state index contributed by atoms with van der Waals surface area (Å²) >= 11 is 0. The lowest BCUT2D eigenvalue weighted by Gasteiger charge is -2.00. The third-order valence-electron chi connectivity index (χ3n) is 2.72. The van der Waals surface area contributed by atoms with E-state index in [1.807, 2.05) is 7.05 Å². The van der Waals surface area contributed by atoms with Gasteiger partial charge in [-0.3, -0.25) is 0 Å². The van der Waals surface area contributed by atoms with E-state index in [0.29, 0.717) is 0 Å². The minimum Gasteiger partial charge on any atom is -0.384 e. The van der Waals surface area contributed by atoms with Crippen LogP contribution in [-0.4, -0.2) is 20.1 Å². The van der Waals surface area contributed by atoms with E-state index >= 15 is 0 Å². The Labute approximate surface area is 91.4 Å². The minimum absolute atomic E-state index is 1.04. The van der Waals surface area contributed by atoms with Crippen LogP contribution in [-0.2, 0) is 6.42 Å². The summed E-state index contributed by atoms with van der Waals surface area (Å²) in [5.41, 5.74) is 4.05. The van der Waals surface area contributed by atoms with Crippen molar-refractivity contribution in [2.24, 2.45) is 0 Å². The van der Waals surface area contributed by atoms with Crippen molar-refractivity contribution in [1.82, 2.24) is 5.32 Å². The van der Waals surface area contributed by atoms with Gasteiger partial charge in [0.15, 0.2) is 0 Å². The first-order valence-corrected chi connectivity index (χ1v) is 5.58. The van der Waals surface area contributed by atoms with Crippen molar-refractivity contribution in [3.8, 4) is 0 Å². The fourth-order valence-electron chi connectivity index (χ4n) is 1.86. The van der Waals surface area contributed by atoms with Gasteiger partial charge in [0.2, 0.25) is 0 Å². The van der Waals surface area contributed by atoms with Crippen LogP contribution in [0.4, 0.5) is 5.69 Å². The van der Waals surface area contributed by atoms with Crippen LogP contribution in [0.25, 0.3) is 6.08 Å². The number of benzene rings is 1. The van der Waals surface area contributed by atoms with Crippen LogP contribution < -0.4 is 10.6 Å². The zero-order chi connectivity index (χ0) is 10.5. The van der Waals surface area contributed by atoms with Crippen molar-refractivity contribution < 1.29 is 0 Å². The Kier molecular flexibility index (Phi) is 3.41. The summed E-state index contributed by atoms with van der Waals surface area (Å²) in [6, 6.07) is 6.66. The highest BCUT2D eigenvalue weighted by Crippen LogP contribution is 2.23. The van der Waals surface area contributed by atoms with E-state index in [-0.39, 0.29) is 0 Å². The fraction of sp³-hybridized carbons (Fsp3) is 0.385. The monoisotopic (exact) mass is 202 g/mol. The lowest BCUT2D eigenvalue weighted by atomic mass is 10.1. The summed E-state index contributed by atoms with van der Waals surface area (Å²) in [6.45, 7) is 2.13. The molecule has 2 rings (SSSR count). The third-order valence-corrected chi connectivity index (χ3v) is 2.72. The van der Waals surface area contributed by atoms with Crippen molar-refractivity contribution in [3.63, 3.8) is 0 Å². The molecule has 1 aromatic rings. The molecule has 0 bridgehead atoms. The standard InChI is InChI=1S/C13H18N2/c1-14-8-3-2-4-11-5-6-12-7-9-15-13(12)10-11/h2,4-6,10,14-15H,3,7-9H2,1H3/b4-2+. The van der Waals surface area contributed by atoms with Crippen molar-refractivity contribution in [2.45, 2.75) is 12.8 Å². The van der Waals surface area contributed by atoms with Gasteiger partial charge < -0.3 is 10.6 Å². The van der Waals surface area contributed by atoms with E-state index in [2.05, 4.69) is 41.0 Å². The Morgan fingerprint density at radius 1 is 1.47 bits per heavy atom. The van der Waals surface area contributed by atoms with E-state index in [4.69, 9.17) is 0 Å². The maximum atomic E-state index is 3.40. The molecule has 2 N–H and O–H groups in total. The first-order valence-electron chi connectivity index (χ1n) is 5.58. The molecule has 15 heavy (non-hydrogen) atoms. The number of anilines is 1. The van der Waals surface area contributed by atoms with E-state index < -0.39 is 0 Å². The van der Waals surface area contributed by atoms with Gasteiger partial charge >= 0.3 is 0 Å². The Hall–Kier alpha value is -1.28. The highest BCUT2D eigenvalue weighted by Gasteiger charge is 2.08. The van der Waals surface area contributed by atoms with Gasteiger partial charge in [0.25, 0.3) is 0 Å². The predicted octanol–water partition coefficient (Wildman–Crippen LogP) is 2.28. The quantitative estimate of drug-likeness (QED) is 0.732. The molecule has 0 fully saturated rings. The average Bonchev–Trinajstić information content (AvgIpc) is 2.71. The van der Waals surface area contributed by atoms with Gasteiger partial charge in [0.1, 0.15) is 0 Å². The van der Waals surface area contributed by atoms with Gasteiger partial charge in [-0.1, -0.05) is 24.3 Å². The van der Waals surface area contributed by atoms with Crippen LogP contribution in [0.2, 0.25) is 0 Å². The molecule has 0 unspecified atom stereocenters. The molecule has 0 saturated carbocycles. The molecule has 0 amide bonds. The Morgan fingerprint density at radius 2 is 2.40 bits per heavy atom. The summed E-state index contributed by atoms with van der Waals surface area (Å²) in [5.74, 6) is 0. The molecule has 0 saturated heterocycles. The van der Waals surface area contributed by atoms with E-state index in [0.717, 1.165) is 19.5 Å². The maximum absolute atomic E-state index is 3.40. The first kappa shape index (κ1) is 10.2. The maximum Gasteiger partial charge on any atom is 0.0379 e. The van der Waals surface area contributed by atoms with Crippen LogP contribution in [0.15, 0.2) is 24.3 Å². The van der Waals surface area contributed by atoms with Crippen molar-refractivity contribution in [3.05, 3.63) is 35.4 Å². The zero-order valence-corrected chi connectivity index (χ0v) is 9.22. The molecule has 2 heteroatoms. The normalized spacial score (nSPS) is 14.2. The van der Waals surface area contributed by atoms with Crippen molar-refractivity contribution in [1.29, 1.82) is 0 Å². The van der Waals surface area contributed by atoms with Crippen molar-refractivity contribution >= 4 is 11.8 Å². The van der Waals surface area contributed by atoms with Crippen molar-refractivity contribution in [2.75, 3.05) is 25.5 Å². The number of hydrogen-bond donors (Lipinski definition) is 2. The Bertz CT molecular complexity index is 356. The SMILES string of the molecule is CNCC/C=C/c1ccc2c(c1)NCC2. The topological polar surface area (TPSA) is 24.1 Å². The highest BCUT2D eigenvalue weighted by atomic mass is 14.9. The average molecular weight is 202 g/mol. The Balaban J connectivity index is 2.00. The second-order valence-electron chi connectivity index (χ2n) is 3.89. The van der Waals surface area contributed by atoms with E-state index in [1.165, 1.54) is 23.2 Å². The lowest BCUT2D eigenvalue weighted by molar-refractivity contribution is 0.809. The molecular weight excluding hydrogens is 184 g/mol.